The summed E-state index contributed by atoms with van der Waals surface area (Å²) in [6.07, 6.45) is 0.213. The Bertz CT molecular complexity index is 1300. The largest absolute Gasteiger partial charge is 0.397 e. The number of halogens is 3. The van der Waals surface area contributed by atoms with Gasteiger partial charge in [-0.05, 0) is 48.9 Å². The van der Waals surface area contributed by atoms with E-state index in [1.165, 1.54) is 12.4 Å². The number of alkyl halides is 3. The van der Waals surface area contributed by atoms with Crippen molar-refractivity contribution in [3.63, 3.8) is 0 Å². The summed E-state index contributed by atoms with van der Waals surface area (Å²) >= 11 is 0. The van der Waals surface area contributed by atoms with Gasteiger partial charge in [0.1, 0.15) is 0 Å². The van der Waals surface area contributed by atoms with E-state index < -0.39 is 24.0 Å². The summed E-state index contributed by atoms with van der Waals surface area (Å²) in [6.45, 7) is 1.40. The van der Waals surface area contributed by atoms with Crippen LogP contribution in [0.25, 0.3) is 10.9 Å². The van der Waals surface area contributed by atoms with E-state index in [1.807, 2.05) is 12.1 Å². The Morgan fingerprint density at radius 3 is 2.68 bits per heavy atom. The number of carbonyl (C=O) groups excluding carboxylic acids is 1. The number of pyridine rings is 2. The molecule has 0 bridgehead atoms. The summed E-state index contributed by atoms with van der Waals surface area (Å²) < 4.78 is 45.8. The predicted octanol–water partition coefficient (Wildman–Crippen LogP) is 4.07. The van der Waals surface area contributed by atoms with Crippen molar-refractivity contribution in [3.8, 4) is 0 Å². The van der Waals surface area contributed by atoms with Crippen molar-refractivity contribution in [1.82, 2.24) is 9.97 Å². The fraction of sp³-hybridized carbons (Fsp3) is 0.423. The van der Waals surface area contributed by atoms with Crippen LogP contribution in [-0.4, -0.2) is 54.4 Å². The number of nitrogens with one attached hydrogen (secondary N) is 1. The molecule has 3 aromatic rings. The molecular weight excluding hydrogens is 485 g/mol. The number of nitrogens with two attached hydrogens (primary N) is 2. The van der Waals surface area contributed by atoms with Gasteiger partial charge in [-0.3, -0.25) is 9.78 Å². The molecule has 0 aliphatic carbocycles. The maximum Gasteiger partial charge on any atom is 0.393 e. The molecule has 37 heavy (non-hydrogen) atoms. The number of hydrogen-bond acceptors (Lipinski definition) is 7. The van der Waals surface area contributed by atoms with Gasteiger partial charge in [0.15, 0.2) is 5.69 Å². The van der Waals surface area contributed by atoms with Crippen LogP contribution in [0.2, 0.25) is 0 Å². The van der Waals surface area contributed by atoms with Crippen molar-refractivity contribution in [3.05, 3.63) is 54.0 Å². The standard InChI is InChI=1S/C26H29F3N6O2/c27-26(28,29)18-11-19(30)14-35(13-18)23-3-6-32-12-22(23)34-25(36)24-20(31)9-17-2-1-16(10-21(17)33-24)15-4-7-37-8-5-15/h1-3,6,9-10,12,15,18-19H,4-5,7-8,11,13-14,30-31H2,(H,34,36)/t18-,19+/m0/s1. The number of benzene rings is 1. The molecule has 196 valence electrons. The van der Waals surface area contributed by atoms with E-state index in [4.69, 9.17) is 16.2 Å². The number of ether oxygens (including phenoxy) is 1. The molecule has 1 amide bonds. The molecule has 1 aromatic carbocycles. The molecule has 2 aromatic heterocycles. The number of piperidine rings is 1. The summed E-state index contributed by atoms with van der Waals surface area (Å²) in [5.74, 6) is -1.77. The number of fused-ring (bicyclic) bond motifs is 1. The minimum Gasteiger partial charge on any atom is -0.397 e. The molecule has 5 rings (SSSR count). The molecular formula is C26H29F3N6O2. The number of nitrogens with zero attached hydrogens (tertiary/aromatic N) is 3. The molecule has 2 aliphatic heterocycles. The smallest absolute Gasteiger partial charge is 0.393 e. The van der Waals surface area contributed by atoms with Crippen molar-refractivity contribution in [2.75, 3.05) is 42.3 Å². The zero-order chi connectivity index (χ0) is 26.2. The molecule has 2 fully saturated rings. The molecule has 5 N–H and O–H groups in total. The number of hydrogen-bond donors (Lipinski definition) is 3. The fourth-order valence-corrected chi connectivity index (χ4v) is 5.18. The van der Waals surface area contributed by atoms with Gasteiger partial charge in [-0.15, -0.1) is 0 Å². The van der Waals surface area contributed by atoms with Gasteiger partial charge >= 0.3 is 6.18 Å². The molecule has 2 saturated heterocycles. The van der Waals surface area contributed by atoms with Gasteiger partial charge in [0.05, 0.1) is 34.7 Å². The van der Waals surface area contributed by atoms with E-state index in [-0.39, 0.29) is 36.6 Å². The zero-order valence-electron chi connectivity index (χ0n) is 20.2. The number of amides is 1. The SMILES string of the molecule is Nc1cc2ccc(C3CCOCC3)cc2nc1C(=O)Nc1cnccc1N1C[C@H](N)C[C@H](C(F)(F)F)C1. The Hall–Kier alpha value is -3.44. The highest BCUT2D eigenvalue weighted by molar-refractivity contribution is 6.09. The minimum atomic E-state index is -4.36. The van der Waals surface area contributed by atoms with E-state index >= 15 is 0 Å². The van der Waals surface area contributed by atoms with Crippen LogP contribution in [0.5, 0.6) is 0 Å². The summed E-state index contributed by atoms with van der Waals surface area (Å²) in [4.78, 5) is 23.4. The highest BCUT2D eigenvalue weighted by Crippen LogP contribution is 2.37. The third kappa shape index (κ3) is 5.47. The number of anilines is 3. The van der Waals surface area contributed by atoms with E-state index in [0.717, 1.165) is 23.8 Å². The molecule has 2 aliphatic rings. The molecule has 0 radical (unpaired) electrons. The summed E-state index contributed by atoms with van der Waals surface area (Å²) in [5.41, 5.74) is 14.8. The van der Waals surface area contributed by atoms with Gasteiger partial charge in [0, 0.05) is 43.9 Å². The van der Waals surface area contributed by atoms with E-state index in [2.05, 4.69) is 21.4 Å². The lowest BCUT2D eigenvalue weighted by Gasteiger charge is -2.39. The first-order valence-corrected chi connectivity index (χ1v) is 12.3. The van der Waals surface area contributed by atoms with Crippen LogP contribution in [0, 0.1) is 5.92 Å². The average Bonchev–Trinajstić information content (AvgIpc) is 2.88. The number of nitrogen functional groups attached to an aromatic ring is 1. The average molecular weight is 515 g/mol. The highest BCUT2D eigenvalue weighted by Gasteiger charge is 2.44. The van der Waals surface area contributed by atoms with Gasteiger partial charge in [-0.2, -0.15) is 13.2 Å². The second-order valence-corrected chi connectivity index (χ2v) is 9.75. The summed E-state index contributed by atoms with van der Waals surface area (Å²) in [7, 11) is 0. The Balaban J connectivity index is 1.41. The normalized spacial score (nSPS) is 21.2. The van der Waals surface area contributed by atoms with E-state index in [9.17, 15) is 18.0 Å². The lowest BCUT2D eigenvalue weighted by atomic mass is 9.91. The van der Waals surface area contributed by atoms with Crippen LogP contribution in [0.15, 0.2) is 42.7 Å². The van der Waals surface area contributed by atoms with Gasteiger partial charge in [0.25, 0.3) is 5.91 Å². The third-order valence-corrected chi connectivity index (χ3v) is 7.11. The third-order valence-electron chi connectivity index (χ3n) is 7.11. The molecule has 2 atom stereocenters. The van der Waals surface area contributed by atoms with Crippen LogP contribution in [0.1, 0.15) is 41.2 Å². The van der Waals surface area contributed by atoms with Crippen LogP contribution < -0.4 is 21.7 Å². The van der Waals surface area contributed by atoms with Crippen molar-refractivity contribution in [2.45, 2.75) is 37.4 Å². The first-order chi connectivity index (χ1) is 17.7. The molecule has 4 heterocycles. The summed E-state index contributed by atoms with van der Waals surface area (Å²) in [5, 5.41) is 3.56. The lowest BCUT2D eigenvalue weighted by Crippen LogP contribution is -2.51. The summed E-state index contributed by atoms with van der Waals surface area (Å²) in [6, 6.07) is 8.59. The maximum absolute atomic E-state index is 13.5. The minimum absolute atomic E-state index is 0.0370. The van der Waals surface area contributed by atoms with Crippen molar-refractivity contribution >= 4 is 33.9 Å². The van der Waals surface area contributed by atoms with Crippen LogP contribution >= 0.6 is 0 Å². The number of aromatic nitrogens is 2. The van der Waals surface area contributed by atoms with Gasteiger partial charge in [-0.1, -0.05) is 12.1 Å². The maximum atomic E-state index is 13.5. The van der Waals surface area contributed by atoms with Gasteiger partial charge in [-0.25, -0.2) is 4.98 Å². The van der Waals surface area contributed by atoms with Crippen molar-refractivity contribution in [2.24, 2.45) is 11.7 Å². The monoisotopic (exact) mass is 514 g/mol. The second kappa shape index (κ2) is 10.1. The number of rotatable bonds is 4. The molecule has 0 spiro atoms. The zero-order valence-corrected chi connectivity index (χ0v) is 20.2. The van der Waals surface area contributed by atoms with Gasteiger partial charge in [0.2, 0.25) is 0 Å². The Morgan fingerprint density at radius 2 is 1.92 bits per heavy atom. The molecule has 8 nitrogen and oxygen atoms in total. The van der Waals surface area contributed by atoms with Crippen LogP contribution in [-0.2, 0) is 4.74 Å². The number of carbonyl (C=O) groups is 1. The van der Waals surface area contributed by atoms with Crippen LogP contribution in [0.3, 0.4) is 0 Å². The molecule has 0 unspecified atom stereocenters. The Kier molecular flexibility index (Phi) is 6.91. The second-order valence-electron chi connectivity index (χ2n) is 9.75. The first-order valence-electron chi connectivity index (χ1n) is 12.3. The van der Waals surface area contributed by atoms with Gasteiger partial charge < -0.3 is 26.4 Å². The van der Waals surface area contributed by atoms with E-state index in [1.54, 1.807) is 17.0 Å². The van der Waals surface area contributed by atoms with Crippen molar-refractivity contribution in [1.29, 1.82) is 0 Å². The van der Waals surface area contributed by atoms with E-state index in [0.29, 0.717) is 30.3 Å². The first kappa shape index (κ1) is 25.2. The Morgan fingerprint density at radius 1 is 1.14 bits per heavy atom. The lowest BCUT2D eigenvalue weighted by molar-refractivity contribution is -0.177. The Labute approximate surface area is 212 Å². The topological polar surface area (TPSA) is 119 Å². The van der Waals surface area contributed by atoms with Crippen LogP contribution in [0.4, 0.5) is 30.2 Å². The predicted molar refractivity (Wildman–Crippen MR) is 135 cm³/mol. The highest BCUT2D eigenvalue weighted by atomic mass is 19.4. The fourth-order valence-electron chi connectivity index (χ4n) is 5.18. The molecule has 0 saturated carbocycles. The van der Waals surface area contributed by atoms with Crippen molar-refractivity contribution < 1.29 is 22.7 Å². The quantitative estimate of drug-likeness (QED) is 0.480. The molecule has 11 heteroatoms.